The Bertz CT molecular complexity index is 531. The summed E-state index contributed by atoms with van der Waals surface area (Å²) in [7, 11) is 0. The fourth-order valence-electron chi connectivity index (χ4n) is 3.31. The second kappa shape index (κ2) is 9.50. The standard InChI is InChI=1S/C19H33N3OS/c1-14(2)12-22-16(4)15(3)20-19(22)24-13-18(23)21-17-10-8-6-5-7-9-11-17/h14,17H,5-13H2,1-4H3,(H,21,23). The van der Waals surface area contributed by atoms with Gasteiger partial charge < -0.3 is 9.88 Å². The van der Waals surface area contributed by atoms with Gasteiger partial charge in [0.25, 0.3) is 0 Å². The van der Waals surface area contributed by atoms with Crippen LogP contribution in [0, 0.1) is 19.8 Å². The van der Waals surface area contributed by atoms with Crippen LogP contribution in [-0.2, 0) is 11.3 Å². The van der Waals surface area contributed by atoms with E-state index in [4.69, 9.17) is 0 Å². The van der Waals surface area contributed by atoms with E-state index in [0.29, 0.717) is 17.7 Å². The molecule has 5 heteroatoms. The molecule has 1 aliphatic rings. The Labute approximate surface area is 151 Å². The van der Waals surface area contributed by atoms with Crippen molar-refractivity contribution in [2.45, 2.75) is 90.4 Å². The number of thioether (sulfide) groups is 1. The quantitative estimate of drug-likeness (QED) is 0.769. The Morgan fingerprint density at radius 3 is 2.46 bits per heavy atom. The molecule has 1 aromatic heterocycles. The van der Waals surface area contributed by atoms with Crippen molar-refractivity contribution < 1.29 is 4.79 Å². The molecule has 1 N–H and O–H groups in total. The van der Waals surface area contributed by atoms with Crippen LogP contribution in [0.25, 0.3) is 0 Å². The summed E-state index contributed by atoms with van der Waals surface area (Å²) in [6.45, 7) is 9.54. The minimum atomic E-state index is 0.153. The third-order valence-corrected chi connectivity index (χ3v) is 5.75. The average molecular weight is 352 g/mol. The lowest BCUT2D eigenvalue weighted by molar-refractivity contribution is -0.119. The molecule has 1 fully saturated rings. The largest absolute Gasteiger partial charge is 0.353 e. The van der Waals surface area contributed by atoms with Gasteiger partial charge >= 0.3 is 0 Å². The first kappa shape index (κ1) is 19.4. The minimum absolute atomic E-state index is 0.153. The predicted octanol–water partition coefficient (Wildman–Crippen LogP) is 4.48. The fraction of sp³-hybridized carbons (Fsp3) is 0.789. The fourth-order valence-corrected chi connectivity index (χ4v) is 4.23. The maximum atomic E-state index is 12.3. The van der Waals surface area contributed by atoms with E-state index in [2.05, 4.69) is 35.6 Å². The molecule has 1 saturated carbocycles. The summed E-state index contributed by atoms with van der Waals surface area (Å²) in [5.41, 5.74) is 2.28. The van der Waals surface area contributed by atoms with Gasteiger partial charge in [0.2, 0.25) is 5.91 Å². The first-order valence-corrected chi connectivity index (χ1v) is 10.4. The first-order chi connectivity index (χ1) is 11.5. The molecular formula is C19H33N3OS. The topological polar surface area (TPSA) is 46.9 Å². The Kier molecular flexibility index (Phi) is 7.66. The number of amides is 1. The van der Waals surface area contributed by atoms with E-state index in [1.165, 1.54) is 37.8 Å². The molecule has 1 amide bonds. The van der Waals surface area contributed by atoms with Gasteiger partial charge in [-0.05, 0) is 32.6 Å². The number of hydrogen-bond donors (Lipinski definition) is 1. The Morgan fingerprint density at radius 2 is 1.83 bits per heavy atom. The molecule has 24 heavy (non-hydrogen) atoms. The van der Waals surface area contributed by atoms with E-state index < -0.39 is 0 Å². The summed E-state index contributed by atoms with van der Waals surface area (Å²) in [6.07, 6.45) is 8.74. The number of aryl methyl sites for hydroxylation is 1. The van der Waals surface area contributed by atoms with Gasteiger partial charge in [0, 0.05) is 18.3 Å². The molecule has 1 aliphatic carbocycles. The van der Waals surface area contributed by atoms with E-state index in [9.17, 15) is 4.79 Å². The summed E-state index contributed by atoms with van der Waals surface area (Å²) in [6, 6.07) is 0.372. The average Bonchev–Trinajstić information content (AvgIpc) is 2.75. The molecule has 136 valence electrons. The van der Waals surface area contributed by atoms with Crippen molar-refractivity contribution in [3.05, 3.63) is 11.4 Å². The summed E-state index contributed by atoms with van der Waals surface area (Å²) in [4.78, 5) is 17.0. The number of carbonyl (C=O) groups excluding carboxylic acids is 1. The van der Waals surface area contributed by atoms with Crippen molar-refractivity contribution in [3.63, 3.8) is 0 Å². The number of carbonyl (C=O) groups is 1. The zero-order chi connectivity index (χ0) is 17.5. The summed E-state index contributed by atoms with van der Waals surface area (Å²) in [5, 5.41) is 4.22. The van der Waals surface area contributed by atoms with Crippen LogP contribution in [0.15, 0.2) is 5.16 Å². The lowest BCUT2D eigenvalue weighted by Gasteiger charge is -2.21. The van der Waals surface area contributed by atoms with Crippen molar-refractivity contribution in [3.8, 4) is 0 Å². The summed E-state index contributed by atoms with van der Waals surface area (Å²) >= 11 is 1.57. The van der Waals surface area contributed by atoms with Crippen molar-refractivity contribution in [1.82, 2.24) is 14.9 Å². The third kappa shape index (κ3) is 5.83. The highest BCUT2D eigenvalue weighted by atomic mass is 32.2. The maximum absolute atomic E-state index is 12.3. The van der Waals surface area contributed by atoms with Crippen LogP contribution in [0.3, 0.4) is 0 Å². The zero-order valence-electron chi connectivity index (χ0n) is 15.7. The van der Waals surface area contributed by atoms with Gasteiger partial charge in [0.05, 0.1) is 11.4 Å². The first-order valence-electron chi connectivity index (χ1n) is 9.43. The molecule has 2 rings (SSSR count). The summed E-state index contributed by atoms with van der Waals surface area (Å²) in [5.74, 6) is 1.19. The van der Waals surface area contributed by atoms with E-state index in [1.54, 1.807) is 11.8 Å². The molecule has 0 atom stereocenters. The lowest BCUT2D eigenvalue weighted by Crippen LogP contribution is -2.36. The van der Waals surface area contributed by atoms with Crippen LogP contribution in [0.4, 0.5) is 0 Å². The molecule has 0 spiro atoms. The van der Waals surface area contributed by atoms with Crippen LogP contribution in [0.5, 0.6) is 0 Å². The van der Waals surface area contributed by atoms with Crippen LogP contribution >= 0.6 is 11.8 Å². The highest BCUT2D eigenvalue weighted by Gasteiger charge is 2.17. The lowest BCUT2D eigenvalue weighted by atomic mass is 9.97. The molecule has 1 heterocycles. The second-order valence-electron chi connectivity index (χ2n) is 7.47. The van der Waals surface area contributed by atoms with Crippen LogP contribution in [-0.4, -0.2) is 27.3 Å². The van der Waals surface area contributed by atoms with Crippen LogP contribution in [0.1, 0.15) is 70.2 Å². The van der Waals surface area contributed by atoms with E-state index >= 15 is 0 Å². The van der Waals surface area contributed by atoms with Gasteiger partial charge in [0.15, 0.2) is 5.16 Å². The molecule has 0 bridgehead atoms. The van der Waals surface area contributed by atoms with Gasteiger partial charge in [-0.3, -0.25) is 4.79 Å². The Hall–Kier alpha value is -0.970. The molecule has 1 aromatic rings. The van der Waals surface area contributed by atoms with Crippen molar-refractivity contribution in [1.29, 1.82) is 0 Å². The van der Waals surface area contributed by atoms with Crippen molar-refractivity contribution in [2.75, 3.05) is 5.75 Å². The monoisotopic (exact) mass is 351 g/mol. The third-order valence-electron chi connectivity index (χ3n) is 4.77. The molecule has 0 unspecified atom stereocenters. The smallest absolute Gasteiger partial charge is 0.230 e. The molecule has 0 aromatic carbocycles. The normalized spacial score (nSPS) is 16.9. The molecular weight excluding hydrogens is 318 g/mol. The summed E-state index contributed by atoms with van der Waals surface area (Å²) < 4.78 is 2.26. The second-order valence-corrected chi connectivity index (χ2v) is 8.41. The number of aromatic nitrogens is 2. The number of nitrogens with zero attached hydrogens (tertiary/aromatic N) is 2. The Balaban J connectivity index is 1.88. The molecule has 0 radical (unpaired) electrons. The van der Waals surface area contributed by atoms with Gasteiger partial charge in [-0.1, -0.05) is 57.7 Å². The SMILES string of the molecule is Cc1nc(SCC(=O)NC2CCCCCCC2)n(CC(C)C)c1C. The van der Waals surface area contributed by atoms with Gasteiger partial charge in [-0.25, -0.2) is 4.98 Å². The Morgan fingerprint density at radius 1 is 1.21 bits per heavy atom. The minimum Gasteiger partial charge on any atom is -0.353 e. The van der Waals surface area contributed by atoms with Gasteiger partial charge in [0.1, 0.15) is 0 Å². The highest BCUT2D eigenvalue weighted by Crippen LogP contribution is 2.23. The van der Waals surface area contributed by atoms with Crippen molar-refractivity contribution in [2.24, 2.45) is 5.92 Å². The van der Waals surface area contributed by atoms with Crippen LogP contribution < -0.4 is 5.32 Å². The molecule has 0 saturated heterocycles. The molecule has 0 aliphatic heterocycles. The number of imidazole rings is 1. The van der Waals surface area contributed by atoms with E-state index in [-0.39, 0.29) is 5.91 Å². The highest BCUT2D eigenvalue weighted by molar-refractivity contribution is 7.99. The van der Waals surface area contributed by atoms with E-state index in [1.807, 2.05) is 6.92 Å². The molecule has 4 nitrogen and oxygen atoms in total. The number of nitrogens with one attached hydrogen (secondary N) is 1. The number of rotatable bonds is 6. The van der Waals surface area contributed by atoms with Crippen LogP contribution in [0.2, 0.25) is 0 Å². The zero-order valence-corrected chi connectivity index (χ0v) is 16.5. The van der Waals surface area contributed by atoms with Gasteiger partial charge in [-0.15, -0.1) is 0 Å². The predicted molar refractivity (Wildman–Crippen MR) is 102 cm³/mol. The number of hydrogen-bond acceptors (Lipinski definition) is 3. The van der Waals surface area contributed by atoms with Crippen molar-refractivity contribution >= 4 is 17.7 Å². The van der Waals surface area contributed by atoms with E-state index in [0.717, 1.165) is 30.2 Å². The van der Waals surface area contributed by atoms with Gasteiger partial charge in [-0.2, -0.15) is 0 Å². The maximum Gasteiger partial charge on any atom is 0.230 e.